The number of aliphatic hydroxyl groups excluding tert-OH is 2. The van der Waals surface area contributed by atoms with Crippen molar-refractivity contribution in [2.75, 3.05) is 13.6 Å². The van der Waals surface area contributed by atoms with Gasteiger partial charge < -0.3 is 15.1 Å². The van der Waals surface area contributed by atoms with Gasteiger partial charge in [-0.2, -0.15) is 0 Å². The van der Waals surface area contributed by atoms with E-state index in [4.69, 9.17) is 0 Å². The predicted molar refractivity (Wildman–Crippen MR) is 73.4 cm³/mol. The summed E-state index contributed by atoms with van der Waals surface area (Å²) in [6.45, 7) is 5.24. The lowest BCUT2D eigenvalue weighted by atomic mass is 9.86. The van der Waals surface area contributed by atoms with Gasteiger partial charge in [0.05, 0.1) is 12.2 Å². The lowest BCUT2D eigenvalue weighted by Gasteiger charge is -2.37. The van der Waals surface area contributed by atoms with Crippen molar-refractivity contribution in [2.45, 2.75) is 70.6 Å². The van der Waals surface area contributed by atoms with Crippen LogP contribution in [0.2, 0.25) is 0 Å². The first-order chi connectivity index (χ1) is 8.42. The Kier molecular flexibility index (Phi) is 4.35. The lowest BCUT2D eigenvalue weighted by molar-refractivity contribution is -0.00109. The van der Waals surface area contributed by atoms with E-state index < -0.39 is 0 Å². The van der Waals surface area contributed by atoms with E-state index in [-0.39, 0.29) is 17.6 Å². The third-order valence-electron chi connectivity index (χ3n) is 5.19. The standard InChI is InChI=1S/C15H29NO2/c1-15(2)9-8-11(14(15)18)10-16(3)12-6-4-5-7-13(12)17/h11-14,17-18H,4-10H2,1-3H3. The highest BCUT2D eigenvalue weighted by Crippen LogP contribution is 2.41. The maximum atomic E-state index is 10.3. The van der Waals surface area contributed by atoms with Gasteiger partial charge in [-0.3, -0.25) is 0 Å². The molecule has 0 heterocycles. The number of hydrogen-bond acceptors (Lipinski definition) is 3. The van der Waals surface area contributed by atoms with Gasteiger partial charge in [0.25, 0.3) is 0 Å². The summed E-state index contributed by atoms with van der Waals surface area (Å²) in [7, 11) is 2.11. The van der Waals surface area contributed by atoms with Crippen LogP contribution >= 0.6 is 0 Å². The number of aliphatic hydroxyl groups is 2. The Bertz CT molecular complexity index is 280. The van der Waals surface area contributed by atoms with E-state index in [1.54, 1.807) is 0 Å². The zero-order valence-electron chi connectivity index (χ0n) is 12.1. The molecule has 2 fully saturated rings. The molecule has 4 unspecified atom stereocenters. The summed E-state index contributed by atoms with van der Waals surface area (Å²) in [4.78, 5) is 2.29. The number of rotatable bonds is 3. The molecule has 18 heavy (non-hydrogen) atoms. The minimum absolute atomic E-state index is 0.0662. The maximum absolute atomic E-state index is 10.3. The molecule has 4 atom stereocenters. The first-order valence-corrected chi connectivity index (χ1v) is 7.48. The van der Waals surface area contributed by atoms with Crippen LogP contribution in [0, 0.1) is 11.3 Å². The van der Waals surface area contributed by atoms with Gasteiger partial charge in [-0.15, -0.1) is 0 Å². The zero-order chi connectivity index (χ0) is 13.3. The highest BCUT2D eigenvalue weighted by Gasteiger charge is 2.41. The lowest BCUT2D eigenvalue weighted by Crippen LogP contribution is -2.46. The van der Waals surface area contributed by atoms with E-state index >= 15 is 0 Å². The molecular weight excluding hydrogens is 226 g/mol. The fourth-order valence-electron chi connectivity index (χ4n) is 3.80. The van der Waals surface area contributed by atoms with Crippen molar-refractivity contribution in [1.82, 2.24) is 4.90 Å². The molecule has 3 heteroatoms. The van der Waals surface area contributed by atoms with Crippen molar-refractivity contribution in [3.8, 4) is 0 Å². The van der Waals surface area contributed by atoms with Gasteiger partial charge in [0.15, 0.2) is 0 Å². The van der Waals surface area contributed by atoms with Crippen LogP contribution in [0.25, 0.3) is 0 Å². The Morgan fingerprint density at radius 1 is 1.11 bits per heavy atom. The molecule has 106 valence electrons. The van der Waals surface area contributed by atoms with Gasteiger partial charge in [0.1, 0.15) is 0 Å². The second-order valence-electron chi connectivity index (χ2n) is 7.09. The van der Waals surface area contributed by atoms with Crippen LogP contribution in [0.4, 0.5) is 0 Å². The molecule has 2 aliphatic rings. The van der Waals surface area contributed by atoms with E-state index in [0.29, 0.717) is 12.0 Å². The van der Waals surface area contributed by atoms with E-state index in [0.717, 1.165) is 38.6 Å². The fourth-order valence-corrected chi connectivity index (χ4v) is 3.80. The van der Waals surface area contributed by atoms with E-state index in [9.17, 15) is 10.2 Å². The third kappa shape index (κ3) is 2.89. The quantitative estimate of drug-likeness (QED) is 0.811. The maximum Gasteiger partial charge on any atom is 0.0695 e. The van der Waals surface area contributed by atoms with Crippen molar-refractivity contribution < 1.29 is 10.2 Å². The van der Waals surface area contributed by atoms with Crippen molar-refractivity contribution in [2.24, 2.45) is 11.3 Å². The van der Waals surface area contributed by atoms with Gasteiger partial charge in [-0.1, -0.05) is 26.7 Å². The molecule has 0 aromatic heterocycles. The van der Waals surface area contributed by atoms with Gasteiger partial charge in [0, 0.05) is 12.6 Å². The van der Waals surface area contributed by atoms with Crippen LogP contribution in [0.5, 0.6) is 0 Å². The Hall–Kier alpha value is -0.120. The highest BCUT2D eigenvalue weighted by molar-refractivity contribution is 4.93. The SMILES string of the molecule is CN(CC1CCC(C)(C)C1O)C1CCCCC1O. The molecule has 0 aromatic rings. The molecule has 2 aliphatic carbocycles. The van der Waals surface area contributed by atoms with Gasteiger partial charge in [0.2, 0.25) is 0 Å². The minimum atomic E-state index is -0.194. The second kappa shape index (κ2) is 5.48. The molecule has 3 nitrogen and oxygen atoms in total. The molecule has 2 N–H and O–H groups in total. The third-order valence-corrected chi connectivity index (χ3v) is 5.19. The highest BCUT2D eigenvalue weighted by atomic mass is 16.3. The molecule has 0 amide bonds. The topological polar surface area (TPSA) is 43.7 Å². The normalized spacial score (nSPS) is 40.3. The van der Waals surface area contributed by atoms with E-state index in [1.807, 2.05) is 0 Å². The Balaban J connectivity index is 1.89. The van der Waals surface area contributed by atoms with Crippen LogP contribution in [-0.4, -0.2) is 47.0 Å². The van der Waals surface area contributed by atoms with Crippen molar-refractivity contribution >= 4 is 0 Å². The smallest absolute Gasteiger partial charge is 0.0695 e. The number of nitrogens with zero attached hydrogens (tertiary/aromatic N) is 1. The number of hydrogen-bond donors (Lipinski definition) is 2. The van der Waals surface area contributed by atoms with Gasteiger partial charge >= 0.3 is 0 Å². The monoisotopic (exact) mass is 255 g/mol. The average molecular weight is 255 g/mol. The zero-order valence-corrected chi connectivity index (χ0v) is 12.1. The summed E-state index contributed by atoms with van der Waals surface area (Å²) in [5.41, 5.74) is 0.0662. The molecule has 2 saturated carbocycles. The van der Waals surface area contributed by atoms with Crippen LogP contribution in [0.1, 0.15) is 52.4 Å². The molecular formula is C15H29NO2. The van der Waals surface area contributed by atoms with E-state index in [1.165, 1.54) is 6.42 Å². The molecule has 0 bridgehead atoms. The Morgan fingerprint density at radius 3 is 2.33 bits per heavy atom. The van der Waals surface area contributed by atoms with Crippen LogP contribution in [0.15, 0.2) is 0 Å². The van der Waals surface area contributed by atoms with Crippen LogP contribution in [-0.2, 0) is 0 Å². The first kappa shape index (κ1) is 14.3. The number of likely N-dealkylation sites (N-methyl/N-ethyl adjacent to an activating group) is 1. The summed E-state index contributed by atoms with van der Waals surface area (Å²) in [6, 6.07) is 0.301. The van der Waals surface area contributed by atoms with E-state index in [2.05, 4.69) is 25.8 Å². The molecule has 0 radical (unpaired) electrons. The average Bonchev–Trinajstić information content (AvgIpc) is 2.57. The predicted octanol–water partition coefficient (Wildman–Crippen LogP) is 2.02. The summed E-state index contributed by atoms with van der Waals surface area (Å²) < 4.78 is 0. The summed E-state index contributed by atoms with van der Waals surface area (Å²) in [6.07, 6.45) is 6.28. The van der Waals surface area contributed by atoms with Crippen molar-refractivity contribution in [3.63, 3.8) is 0 Å². The van der Waals surface area contributed by atoms with Gasteiger partial charge in [-0.25, -0.2) is 0 Å². The summed E-state index contributed by atoms with van der Waals surface area (Å²) >= 11 is 0. The second-order valence-corrected chi connectivity index (χ2v) is 7.09. The molecule has 0 aromatic carbocycles. The Labute approximate surface area is 111 Å². The molecule has 0 saturated heterocycles. The summed E-state index contributed by atoms with van der Waals surface area (Å²) in [5, 5.41) is 20.4. The molecule has 0 spiro atoms. The molecule has 0 aliphatic heterocycles. The van der Waals surface area contributed by atoms with Crippen LogP contribution in [0.3, 0.4) is 0 Å². The van der Waals surface area contributed by atoms with Crippen molar-refractivity contribution in [1.29, 1.82) is 0 Å². The van der Waals surface area contributed by atoms with Gasteiger partial charge in [-0.05, 0) is 44.1 Å². The van der Waals surface area contributed by atoms with Crippen LogP contribution < -0.4 is 0 Å². The fraction of sp³-hybridized carbons (Fsp3) is 1.00. The van der Waals surface area contributed by atoms with Crippen molar-refractivity contribution in [3.05, 3.63) is 0 Å². The molecule has 2 rings (SSSR count). The minimum Gasteiger partial charge on any atom is -0.392 e. The largest absolute Gasteiger partial charge is 0.392 e. The first-order valence-electron chi connectivity index (χ1n) is 7.48. The Morgan fingerprint density at radius 2 is 1.78 bits per heavy atom. The summed E-state index contributed by atoms with van der Waals surface area (Å²) in [5.74, 6) is 0.374.